The molecule has 2 saturated heterocycles. The van der Waals surface area contributed by atoms with Gasteiger partial charge in [-0.1, -0.05) is 58.0 Å². The number of carbonyl (C=O) groups excluding carboxylic acids is 4. The number of benzene rings is 3. The highest BCUT2D eigenvalue weighted by Crippen LogP contribution is 2.35. The first-order valence-corrected chi connectivity index (χ1v) is 18.4. The van der Waals surface area contributed by atoms with E-state index >= 15 is 0 Å². The number of carbonyl (C=O) groups is 4. The average Bonchev–Trinajstić information content (AvgIpc) is 3.94. The van der Waals surface area contributed by atoms with E-state index in [4.69, 9.17) is 19.2 Å². The van der Waals surface area contributed by atoms with Crippen molar-refractivity contribution < 1.29 is 33.4 Å². The van der Waals surface area contributed by atoms with Gasteiger partial charge in [-0.2, -0.15) is 0 Å². The lowest BCUT2D eigenvalue weighted by molar-refractivity contribution is -0.136. The standard InChI is InChI=1S/C40H50N6O7/c1-23(2)33(43-39(49)51-5)37(47)45-19-7-9-28(45)22-53-29-15-11-25(12-16-29)26-13-17-30-27(21-26)14-18-31-35(30)42-36(41-31)32-10-8-20-46(32)38(48)34(24(3)4)44-40(50)52-6/h11-18,21,23-24,28,32-34H,7-10,19-20,22H2,1-6H3,(H,41,42)(H,43,49)(H,44,50)/t28-,32-,33-,34-/m0/s1. The molecule has 0 unspecified atom stereocenters. The number of rotatable bonds is 11. The summed E-state index contributed by atoms with van der Waals surface area (Å²) in [6.07, 6.45) is 2.09. The minimum absolute atomic E-state index is 0.0824. The number of nitrogens with zero attached hydrogens (tertiary/aromatic N) is 3. The fourth-order valence-electron chi connectivity index (χ4n) is 7.47. The fraction of sp³-hybridized carbons (Fsp3) is 0.475. The number of aromatic nitrogens is 2. The van der Waals surface area contributed by atoms with Crippen molar-refractivity contribution in [2.45, 2.75) is 77.5 Å². The first kappa shape index (κ1) is 37.4. The van der Waals surface area contributed by atoms with E-state index in [9.17, 15) is 19.2 Å². The molecule has 4 aromatic rings. The monoisotopic (exact) mass is 726 g/mol. The smallest absolute Gasteiger partial charge is 0.407 e. The summed E-state index contributed by atoms with van der Waals surface area (Å²) in [6.45, 7) is 9.19. The second kappa shape index (κ2) is 16.1. The van der Waals surface area contributed by atoms with Crippen LogP contribution in [-0.4, -0.2) is 95.8 Å². The van der Waals surface area contributed by atoms with Crippen molar-refractivity contribution >= 4 is 45.8 Å². The summed E-state index contributed by atoms with van der Waals surface area (Å²) in [5, 5.41) is 7.48. The van der Waals surface area contributed by atoms with E-state index in [2.05, 4.69) is 39.9 Å². The summed E-state index contributed by atoms with van der Waals surface area (Å²) >= 11 is 0. The Morgan fingerprint density at radius 1 is 0.792 bits per heavy atom. The van der Waals surface area contributed by atoms with Crippen LogP contribution >= 0.6 is 0 Å². The lowest BCUT2D eigenvalue weighted by Crippen LogP contribution is -2.53. The molecule has 13 nitrogen and oxygen atoms in total. The van der Waals surface area contributed by atoms with Gasteiger partial charge >= 0.3 is 12.2 Å². The first-order chi connectivity index (χ1) is 25.5. The van der Waals surface area contributed by atoms with Crippen LogP contribution in [-0.2, 0) is 19.1 Å². The Morgan fingerprint density at radius 2 is 1.40 bits per heavy atom. The average molecular weight is 727 g/mol. The third-order valence-corrected chi connectivity index (χ3v) is 10.4. The molecule has 1 aromatic heterocycles. The summed E-state index contributed by atoms with van der Waals surface area (Å²) in [7, 11) is 2.58. The number of methoxy groups -OCH3 is 2. The van der Waals surface area contributed by atoms with Gasteiger partial charge in [0.2, 0.25) is 11.8 Å². The van der Waals surface area contributed by atoms with Crippen LogP contribution in [0.15, 0.2) is 54.6 Å². The number of aromatic amines is 1. The molecule has 282 valence electrons. The van der Waals surface area contributed by atoms with Gasteiger partial charge in [-0.25, -0.2) is 14.6 Å². The van der Waals surface area contributed by atoms with Crippen molar-refractivity contribution in [3.63, 3.8) is 0 Å². The summed E-state index contributed by atoms with van der Waals surface area (Å²) in [5.41, 5.74) is 3.84. The van der Waals surface area contributed by atoms with Crippen LogP contribution in [0.3, 0.4) is 0 Å². The molecular weight excluding hydrogens is 676 g/mol. The van der Waals surface area contributed by atoms with Crippen molar-refractivity contribution in [2.24, 2.45) is 11.8 Å². The number of hydrogen-bond donors (Lipinski definition) is 3. The summed E-state index contributed by atoms with van der Waals surface area (Å²) in [6, 6.07) is 16.7. The van der Waals surface area contributed by atoms with Gasteiger partial charge in [-0.05, 0) is 78.3 Å². The van der Waals surface area contributed by atoms with Gasteiger partial charge in [0.25, 0.3) is 0 Å². The molecule has 3 heterocycles. The Balaban J connectivity index is 1.13. The quantitative estimate of drug-likeness (QED) is 0.166. The lowest BCUT2D eigenvalue weighted by atomic mass is 10.0. The molecule has 13 heteroatoms. The van der Waals surface area contributed by atoms with Crippen molar-refractivity contribution in [1.29, 1.82) is 0 Å². The normalized spacial score (nSPS) is 18.4. The number of alkyl carbamates (subject to hydrolysis) is 2. The van der Waals surface area contributed by atoms with Gasteiger partial charge in [0, 0.05) is 18.5 Å². The third-order valence-electron chi connectivity index (χ3n) is 10.4. The molecule has 2 aliphatic rings. The van der Waals surface area contributed by atoms with E-state index in [0.29, 0.717) is 25.4 Å². The van der Waals surface area contributed by atoms with E-state index in [1.165, 1.54) is 14.2 Å². The van der Waals surface area contributed by atoms with Crippen LogP contribution in [0.1, 0.15) is 65.2 Å². The zero-order valence-corrected chi connectivity index (χ0v) is 31.3. The van der Waals surface area contributed by atoms with Gasteiger partial charge in [0.05, 0.1) is 37.3 Å². The second-order valence-electron chi connectivity index (χ2n) is 14.6. The minimum atomic E-state index is -0.693. The number of amides is 4. The van der Waals surface area contributed by atoms with E-state index in [-0.39, 0.29) is 35.7 Å². The molecule has 0 saturated carbocycles. The Kier molecular flexibility index (Phi) is 11.4. The van der Waals surface area contributed by atoms with Crippen molar-refractivity contribution in [2.75, 3.05) is 33.9 Å². The maximum Gasteiger partial charge on any atom is 0.407 e. The molecule has 3 N–H and O–H groups in total. The topological polar surface area (TPSA) is 155 Å². The Morgan fingerprint density at radius 3 is 2.04 bits per heavy atom. The van der Waals surface area contributed by atoms with E-state index in [0.717, 1.165) is 64.4 Å². The number of imidazole rings is 1. The van der Waals surface area contributed by atoms with Gasteiger partial charge in [-0.3, -0.25) is 9.59 Å². The summed E-state index contributed by atoms with van der Waals surface area (Å²) in [5.74, 6) is 1.00. The van der Waals surface area contributed by atoms with Crippen molar-refractivity contribution in [3.05, 3.63) is 60.4 Å². The number of nitrogens with one attached hydrogen (secondary N) is 3. The van der Waals surface area contributed by atoms with Crippen LogP contribution in [0, 0.1) is 11.8 Å². The van der Waals surface area contributed by atoms with Crippen LogP contribution in [0.2, 0.25) is 0 Å². The fourth-order valence-corrected chi connectivity index (χ4v) is 7.47. The van der Waals surface area contributed by atoms with Crippen LogP contribution in [0.4, 0.5) is 9.59 Å². The second-order valence-corrected chi connectivity index (χ2v) is 14.6. The van der Waals surface area contributed by atoms with Gasteiger partial charge in [0.1, 0.15) is 30.3 Å². The Hall–Kier alpha value is -5.33. The molecule has 2 fully saturated rings. The zero-order chi connectivity index (χ0) is 37.8. The molecule has 0 bridgehead atoms. The molecule has 4 atom stereocenters. The SMILES string of the molecule is COC(=O)N[C@H](C(=O)N1CCC[C@H]1COc1ccc(-c2ccc3c(ccc4nc([C@@H]5CCCN5C(=O)[C@@H](NC(=O)OC)C(C)C)[nH]c43)c2)cc1)C(C)C. The Bertz CT molecular complexity index is 1960. The molecule has 0 spiro atoms. The van der Waals surface area contributed by atoms with Gasteiger partial charge in [-0.15, -0.1) is 0 Å². The first-order valence-electron chi connectivity index (χ1n) is 18.4. The lowest BCUT2D eigenvalue weighted by Gasteiger charge is -2.30. The highest BCUT2D eigenvalue weighted by Gasteiger charge is 2.38. The zero-order valence-electron chi connectivity index (χ0n) is 31.3. The molecule has 3 aromatic carbocycles. The molecule has 6 rings (SSSR count). The Labute approximate surface area is 309 Å². The number of ether oxygens (including phenoxy) is 3. The highest BCUT2D eigenvalue weighted by atomic mass is 16.5. The van der Waals surface area contributed by atoms with E-state index in [1.54, 1.807) is 0 Å². The van der Waals surface area contributed by atoms with E-state index in [1.807, 2.05) is 67.8 Å². The minimum Gasteiger partial charge on any atom is -0.491 e. The summed E-state index contributed by atoms with van der Waals surface area (Å²) < 4.78 is 15.7. The van der Waals surface area contributed by atoms with Crippen LogP contribution in [0.5, 0.6) is 5.75 Å². The maximum absolute atomic E-state index is 13.6. The molecule has 2 aliphatic heterocycles. The van der Waals surface area contributed by atoms with Gasteiger partial charge < -0.3 is 39.6 Å². The number of fused-ring (bicyclic) bond motifs is 3. The predicted octanol–water partition coefficient (Wildman–Crippen LogP) is 6.18. The van der Waals surface area contributed by atoms with Crippen LogP contribution in [0.25, 0.3) is 32.9 Å². The predicted molar refractivity (Wildman–Crippen MR) is 201 cm³/mol. The molecule has 0 radical (unpaired) electrons. The number of hydrogen-bond acceptors (Lipinski definition) is 8. The molecule has 53 heavy (non-hydrogen) atoms. The molecular formula is C40H50N6O7. The summed E-state index contributed by atoms with van der Waals surface area (Å²) in [4.78, 5) is 63.0. The van der Waals surface area contributed by atoms with Crippen molar-refractivity contribution in [3.8, 4) is 16.9 Å². The molecule has 4 amide bonds. The van der Waals surface area contributed by atoms with Crippen molar-refractivity contribution in [1.82, 2.24) is 30.4 Å². The third kappa shape index (κ3) is 8.03. The largest absolute Gasteiger partial charge is 0.491 e. The number of likely N-dealkylation sites (tertiary alicyclic amines) is 2. The molecule has 0 aliphatic carbocycles. The highest BCUT2D eigenvalue weighted by molar-refractivity contribution is 6.05. The number of H-pyrrole nitrogens is 1. The van der Waals surface area contributed by atoms with E-state index < -0.39 is 24.3 Å². The maximum atomic E-state index is 13.6. The van der Waals surface area contributed by atoms with Gasteiger partial charge in [0.15, 0.2) is 0 Å². The van der Waals surface area contributed by atoms with Crippen LogP contribution < -0.4 is 15.4 Å².